The van der Waals surface area contributed by atoms with Crippen molar-refractivity contribution in [3.05, 3.63) is 71.3 Å². The van der Waals surface area contributed by atoms with Gasteiger partial charge in [-0.3, -0.25) is 9.13 Å². The number of benzene rings is 2. The largest absolute Gasteiger partial charge is 0.274 e. The number of thioether (sulfide) groups is 2. The van der Waals surface area contributed by atoms with Gasteiger partial charge in [-0.1, -0.05) is 68.1 Å². The van der Waals surface area contributed by atoms with Gasteiger partial charge in [-0.2, -0.15) is 0 Å². The maximum atomic E-state index is 4.55. The van der Waals surface area contributed by atoms with Gasteiger partial charge in [0, 0.05) is 24.2 Å². The molecular formula is C27H34N6S2. The van der Waals surface area contributed by atoms with Gasteiger partial charge in [0.1, 0.15) is 11.6 Å². The molecule has 4 rings (SSSR count). The maximum absolute atomic E-state index is 4.55. The average Bonchev–Trinajstić information content (AvgIpc) is 3.43. The minimum atomic E-state index is 0.909. The number of aryl methyl sites for hydroxylation is 4. The van der Waals surface area contributed by atoms with E-state index in [1.54, 1.807) is 23.5 Å². The van der Waals surface area contributed by atoms with Crippen LogP contribution in [0.1, 0.15) is 55.9 Å². The first-order chi connectivity index (χ1) is 17.1. The molecule has 2 heterocycles. The van der Waals surface area contributed by atoms with Crippen molar-refractivity contribution in [3.63, 3.8) is 0 Å². The van der Waals surface area contributed by atoms with Gasteiger partial charge in [0.15, 0.2) is 10.3 Å². The molecule has 2 aromatic carbocycles. The average molecular weight is 507 g/mol. The Morgan fingerprint density at radius 1 is 0.629 bits per heavy atom. The highest BCUT2D eigenvalue weighted by atomic mass is 32.2. The van der Waals surface area contributed by atoms with Gasteiger partial charge in [0.2, 0.25) is 0 Å². The lowest BCUT2D eigenvalue weighted by Crippen LogP contribution is -2.05. The van der Waals surface area contributed by atoms with Gasteiger partial charge in [-0.05, 0) is 73.6 Å². The van der Waals surface area contributed by atoms with E-state index in [2.05, 4.69) is 106 Å². The minimum Gasteiger partial charge on any atom is -0.274 e. The van der Waals surface area contributed by atoms with Gasteiger partial charge in [0.05, 0.1) is 0 Å². The lowest BCUT2D eigenvalue weighted by molar-refractivity contribution is 0.634. The van der Waals surface area contributed by atoms with Gasteiger partial charge in [0.25, 0.3) is 0 Å². The third-order valence-corrected chi connectivity index (χ3v) is 7.39. The van der Waals surface area contributed by atoms with E-state index in [1.807, 2.05) is 0 Å². The quantitative estimate of drug-likeness (QED) is 0.158. The molecule has 6 nitrogen and oxygen atoms in total. The third-order valence-electron chi connectivity index (χ3n) is 5.77. The molecule has 0 atom stereocenters. The second-order valence-corrected chi connectivity index (χ2v) is 11.0. The Labute approximate surface area is 217 Å². The Balaban J connectivity index is 1.41. The van der Waals surface area contributed by atoms with Crippen LogP contribution in [-0.2, 0) is 12.8 Å². The molecule has 0 radical (unpaired) electrons. The molecule has 2 aromatic heterocycles. The highest BCUT2D eigenvalue weighted by molar-refractivity contribution is 7.99. The number of rotatable bonds is 12. The van der Waals surface area contributed by atoms with Crippen LogP contribution in [0.4, 0.5) is 0 Å². The number of nitrogens with zero attached hydrogens (tertiary/aromatic N) is 6. The first kappa shape index (κ1) is 25.5. The van der Waals surface area contributed by atoms with Gasteiger partial charge in [-0.25, -0.2) is 0 Å². The molecule has 4 aromatic rings. The molecule has 35 heavy (non-hydrogen) atoms. The molecule has 0 saturated heterocycles. The summed E-state index contributed by atoms with van der Waals surface area (Å²) in [6, 6.07) is 17.1. The van der Waals surface area contributed by atoms with E-state index in [-0.39, 0.29) is 0 Å². The summed E-state index contributed by atoms with van der Waals surface area (Å²) < 4.78 is 4.45. The fourth-order valence-corrected chi connectivity index (χ4v) is 5.56. The molecule has 0 unspecified atom stereocenters. The maximum Gasteiger partial charge on any atom is 0.195 e. The Bertz CT molecular complexity index is 1150. The van der Waals surface area contributed by atoms with E-state index in [0.717, 1.165) is 76.9 Å². The molecule has 0 aliphatic carbocycles. The lowest BCUT2D eigenvalue weighted by Gasteiger charge is -2.11. The normalized spacial score (nSPS) is 11.3. The van der Waals surface area contributed by atoms with Gasteiger partial charge in [-0.15, -0.1) is 20.4 Å². The van der Waals surface area contributed by atoms with Crippen LogP contribution < -0.4 is 0 Å². The highest BCUT2D eigenvalue weighted by Gasteiger charge is 2.16. The molecule has 8 heteroatoms. The van der Waals surface area contributed by atoms with E-state index >= 15 is 0 Å². The van der Waals surface area contributed by atoms with E-state index in [4.69, 9.17) is 0 Å². The SMILES string of the molecule is CCSc1nnc(CCCCCc2nnc(SCC)n2-c2cccc(C)c2)n1-c1cccc(C)c1. The summed E-state index contributed by atoms with van der Waals surface area (Å²) in [5.41, 5.74) is 4.78. The molecule has 0 saturated carbocycles. The van der Waals surface area contributed by atoms with Crippen molar-refractivity contribution in [2.75, 3.05) is 11.5 Å². The Morgan fingerprint density at radius 3 is 1.49 bits per heavy atom. The van der Waals surface area contributed by atoms with Crippen LogP contribution in [0.25, 0.3) is 11.4 Å². The predicted octanol–water partition coefficient (Wildman–Crippen LogP) is 6.64. The Kier molecular flexibility index (Phi) is 9.04. The summed E-state index contributed by atoms with van der Waals surface area (Å²) in [5.74, 6) is 4.03. The number of aromatic nitrogens is 6. The van der Waals surface area contributed by atoms with Crippen molar-refractivity contribution in [3.8, 4) is 11.4 Å². The molecule has 0 N–H and O–H groups in total. The standard InChI is InChI=1S/C27H34N6S2/c1-5-34-26-30-28-24(32(26)22-14-10-12-20(3)18-22)16-8-7-9-17-25-29-31-27(35-6-2)33(25)23-15-11-13-21(4)19-23/h10-15,18-19H,5-9,16-17H2,1-4H3. The van der Waals surface area contributed by atoms with Crippen LogP contribution in [0.15, 0.2) is 58.8 Å². The van der Waals surface area contributed by atoms with Crippen LogP contribution in [0.2, 0.25) is 0 Å². The zero-order valence-electron chi connectivity index (χ0n) is 21.1. The lowest BCUT2D eigenvalue weighted by atomic mass is 10.1. The topological polar surface area (TPSA) is 61.4 Å². The number of hydrogen-bond acceptors (Lipinski definition) is 6. The van der Waals surface area contributed by atoms with Crippen molar-refractivity contribution < 1.29 is 0 Å². The highest BCUT2D eigenvalue weighted by Crippen LogP contribution is 2.25. The van der Waals surface area contributed by atoms with E-state index in [1.165, 1.54) is 11.1 Å². The smallest absolute Gasteiger partial charge is 0.195 e. The molecule has 0 aliphatic heterocycles. The minimum absolute atomic E-state index is 0.909. The van der Waals surface area contributed by atoms with E-state index in [0.29, 0.717) is 0 Å². The van der Waals surface area contributed by atoms with Crippen molar-refractivity contribution in [1.29, 1.82) is 0 Å². The predicted molar refractivity (Wildman–Crippen MR) is 146 cm³/mol. The summed E-state index contributed by atoms with van der Waals surface area (Å²) in [6.07, 6.45) is 5.05. The summed E-state index contributed by atoms with van der Waals surface area (Å²) >= 11 is 3.48. The third kappa shape index (κ3) is 6.35. The van der Waals surface area contributed by atoms with E-state index < -0.39 is 0 Å². The second kappa shape index (κ2) is 12.4. The molecule has 0 aliphatic rings. The summed E-state index contributed by atoms with van der Waals surface area (Å²) in [7, 11) is 0. The second-order valence-electron chi connectivity index (χ2n) is 8.57. The van der Waals surface area contributed by atoms with Crippen molar-refractivity contribution in [2.45, 2.75) is 70.1 Å². The molecule has 0 spiro atoms. The fraction of sp³-hybridized carbons (Fsp3) is 0.407. The first-order valence-corrected chi connectivity index (χ1v) is 14.4. The van der Waals surface area contributed by atoms with Crippen molar-refractivity contribution in [1.82, 2.24) is 29.5 Å². The van der Waals surface area contributed by atoms with Crippen LogP contribution in [0.3, 0.4) is 0 Å². The summed E-state index contributed by atoms with van der Waals surface area (Å²) in [4.78, 5) is 0. The van der Waals surface area contributed by atoms with Crippen LogP contribution in [0, 0.1) is 13.8 Å². The van der Waals surface area contributed by atoms with Gasteiger partial charge < -0.3 is 0 Å². The Morgan fingerprint density at radius 2 is 1.09 bits per heavy atom. The zero-order valence-corrected chi connectivity index (χ0v) is 22.7. The number of hydrogen-bond donors (Lipinski definition) is 0. The molecule has 0 amide bonds. The molecular weight excluding hydrogens is 472 g/mol. The molecule has 0 bridgehead atoms. The van der Waals surface area contributed by atoms with Gasteiger partial charge >= 0.3 is 0 Å². The number of unbranched alkanes of at least 4 members (excludes halogenated alkanes) is 2. The zero-order chi connectivity index (χ0) is 24.6. The van der Waals surface area contributed by atoms with Crippen molar-refractivity contribution in [2.24, 2.45) is 0 Å². The summed E-state index contributed by atoms with van der Waals surface area (Å²) in [5, 5.41) is 20.0. The first-order valence-electron chi connectivity index (χ1n) is 12.4. The fourth-order valence-electron chi connectivity index (χ4n) is 4.17. The van der Waals surface area contributed by atoms with Crippen LogP contribution in [0.5, 0.6) is 0 Å². The van der Waals surface area contributed by atoms with E-state index in [9.17, 15) is 0 Å². The van der Waals surface area contributed by atoms with Crippen LogP contribution >= 0.6 is 23.5 Å². The molecule has 184 valence electrons. The Hall–Kier alpha value is -2.58. The monoisotopic (exact) mass is 506 g/mol. The van der Waals surface area contributed by atoms with Crippen LogP contribution in [-0.4, -0.2) is 41.0 Å². The van der Waals surface area contributed by atoms with Crippen molar-refractivity contribution >= 4 is 23.5 Å². The molecule has 0 fully saturated rings. The summed E-state index contributed by atoms with van der Waals surface area (Å²) in [6.45, 7) is 8.55.